The number of nitrogen functional groups attached to an aromatic ring is 1. The monoisotopic (exact) mass is 277 g/mol. The van der Waals surface area contributed by atoms with Gasteiger partial charge in [0.2, 0.25) is 0 Å². The van der Waals surface area contributed by atoms with Gasteiger partial charge >= 0.3 is 0 Å². The van der Waals surface area contributed by atoms with Gasteiger partial charge < -0.3 is 5.73 Å². The highest BCUT2D eigenvalue weighted by molar-refractivity contribution is 5.85. The molecule has 0 aromatic heterocycles. The Hall–Kier alpha value is -1.57. The van der Waals surface area contributed by atoms with Crippen LogP contribution < -0.4 is 11.0 Å². The molecule has 1 aromatic rings. The van der Waals surface area contributed by atoms with Crippen molar-refractivity contribution in [2.75, 3.05) is 24.2 Å². The average molecular weight is 278 g/mol. The van der Waals surface area contributed by atoms with E-state index in [0.29, 0.717) is 18.9 Å². The Bertz CT molecular complexity index is 397. The van der Waals surface area contributed by atoms with Gasteiger partial charge in [0.25, 0.3) is 5.69 Å². The van der Waals surface area contributed by atoms with Crippen molar-refractivity contribution in [3.63, 3.8) is 0 Å². The lowest BCUT2D eigenvalue weighted by Crippen LogP contribution is -2.24. The second-order valence-electron chi connectivity index (χ2n) is 3.09. The van der Waals surface area contributed by atoms with Gasteiger partial charge in [-0.2, -0.15) is 0 Å². The second kappa shape index (κ2) is 7.70. The molecule has 2 N–H and O–H groups in total. The summed E-state index contributed by atoms with van der Waals surface area (Å²) < 4.78 is 0. The standard InChI is InChI=1S/C10H15N3O4.ClH/c1-3-16-13(17-4-2)8-5-6-9(11)10(7-8)12(14)15;/h5-7H,3-4,11H2,1-2H3;1H. The SMILES string of the molecule is CCON(OCC)c1ccc(N)c([N+](=O)[O-])c1.Cl. The van der Waals surface area contributed by atoms with Crippen molar-refractivity contribution in [2.24, 2.45) is 0 Å². The lowest BCUT2D eigenvalue weighted by molar-refractivity contribution is -0.383. The molecule has 0 aliphatic rings. The molecule has 8 heteroatoms. The molecular formula is C10H16ClN3O4. The molecule has 0 radical (unpaired) electrons. The number of nitrogens with two attached hydrogens (primary N) is 1. The Morgan fingerprint density at radius 3 is 2.33 bits per heavy atom. The number of nitro groups is 1. The van der Waals surface area contributed by atoms with Crippen LogP contribution >= 0.6 is 12.4 Å². The Kier molecular flexibility index (Phi) is 7.03. The summed E-state index contributed by atoms with van der Waals surface area (Å²) in [5.74, 6) is 0. The molecule has 0 saturated heterocycles. The lowest BCUT2D eigenvalue weighted by Gasteiger charge is -2.21. The first kappa shape index (κ1) is 16.4. The fourth-order valence-electron chi connectivity index (χ4n) is 1.22. The van der Waals surface area contributed by atoms with Crippen molar-refractivity contribution >= 4 is 29.5 Å². The van der Waals surface area contributed by atoms with Gasteiger partial charge in [-0.05, 0) is 26.0 Å². The Labute approximate surface area is 111 Å². The molecule has 0 unspecified atom stereocenters. The van der Waals surface area contributed by atoms with Crippen LogP contribution in [0.1, 0.15) is 13.8 Å². The molecule has 0 amide bonds. The van der Waals surface area contributed by atoms with Crippen LogP contribution in [0.15, 0.2) is 18.2 Å². The van der Waals surface area contributed by atoms with Gasteiger partial charge in [-0.1, -0.05) is 0 Å². The topological polar surface area (TPSA) is 90.9 Å². The number of anilines is 2. The third-order valence-corrected chi connectivity index (χ3v) is 1.91. The van der Waals surface area contributed by atoms with E-state index in [-0.39, 0.29) is 23.8 Å². The van der Waals surface area contributed by atoms with Crippen molar-refractivity contribution in [1.29, 1.82) is 0 Å². The summed E-state index contributed by atoms with van der Waals surface area (Å²) in [6, 6.07) is 4.34. The highest BCUT2D eigenvalue weighted by Gasteiger charge is 2.16. The zero-order valence-electron chi connectivity index (χ0n) is 10.2. The molecule has 0 spiro atoms. The molecule has 1 rings (SSSR count). The van der Waals surface area contributed by atoms with E-state index in [2.05, 4.69) is 0 Å². The van der Waals surface area contributed by atoms with Crippen LogP contribution in [0, 0.1) is 10.1 Å². The molecule has 0 bridgehead atoms. The molecule has 0 aliphatic carbocycles. The van der Waals surface area contributed by atoms with E-state index in [0.717, 1.165) is 5.23 Å². The van der Waals surface area contributed by atoms with Gasteiger partial charge in [0.1, 0.15) is 11.4 Å². The van der Waals surface area contributed by atoms with Crippen molar-refractivity contribution in [3.05, 3.63) is 28.3 Å². The van der Waals surface area contributed by atoms with Gasteiger partial charge in [-0.15, -0.1) is 17.6 Å². The number of nitrogens with zero attached hydrogens (tertiary/aromatic N) is 2. The van der Waals surface area contributed by atoms with Crippen LogP contribution in [0.2, 0.25) is 0 Å². The van der Waals surface area contributed by atoms with Crippen LogP contribution in [-0.4, -0.2) is 18.1 Å². The fourth-order valence-corrected chi connectivity index (χ4v) is 1.22. The molecule has 0 atom stereocenters. The molecule has 18 heavy (non-hydrogen) atoms. The van der Waals surface area contributed by atoms with E-state index in [4.69, 9.17) is 15.4 Å². The van der Waals surface area contributed by atoms with Crippen LogP contribution in [0.25, 0.3) is 0 Å². The summed E-state index contributed by atoms with van der Waals surface area (Å²) in [7, 11) is 0. The molecule has 0 aliphatic heterocycles. The van der Waals surface area contributed by atoms with E-state index in [9.17, 15) is 10.1 Å². The minimum Gasteiger partial charge on any atom is -0.393 e. The molecule has 102 valence electrons. The number of hydrogen-bond donors (Lipinski definition) is 1. The zero-order valence-corrected chi connectivity index (χ0v) is 11.0. The van der Waals surface area contributed by atoms with Crippen molar-refractivity contribution in [2.45, 2.75) is 13.8 Å². The summed E-state index contributed by atoms with van der Waals surface area (Å²) in [5.41, 5.74) is 5.85. The third-order valence-electron chi connectivity index (χ3n) is 1.91. The van der Waals surface area contributed by atoms with E-state index in [1.807, 2.05) is 0 Å². The first-order valence-electron chi connectivity index (χ1n) is 5.20. The number of nitro benzene ring substituents is 1. The van der Waals surface area contributed by atoms with Gasteiger partial charge in [-0.25, -0.2) is 9.68 Å². The van der Waals surface area contributed by atoms with E-state index in [1.165, 1.54) is 12.1 Å². The summed E-state index contributed by atoms with van der Waals surface area (Å²) in [5, 5.41) is 11.9. The molecule has 0 fully saturated rings. The molecular weight excluding hydrogens is 262 g/mol. The minimum atomic E-state index is -0.547. The van der Waals surface area contributed by atoms with E-state index >= 15 is 0 Å². The third kappa shape index (κ3) is 4.02. The summed E-state index contributed by atoms with van der Waals surface area (Å²) in [6.45, 7) is 4.35. The molecule has 7 nitrogen and oxygen atoms in total. The highest BCUT2D eigenvalue weighted by atomic mass is 35.5. The van der Waals surface area contributed by atoms with E-state index in [1.54, 1.807) is 19.9 Å². The normalized spacial score (nSPS) is 9.67. The van der Waals surface area contributed by atoms with Crippen molar-refractivity contribution in [1.82, 2.24) is 0 Å². The summed E-state index contributed by atoms with van der Waals surface area (Å²) in [4.78, 5) is 20.6. The predicted molar refractivity (Wildman–Crippen MR) is 70.5 cm³/mol. The van der Waals surface area contributed by atoms with Crippen LogP contribution in [0.5, 0.6) is 0 Å². The maximum Gasteiger partial charge on any atom is 0.294 e. The first-order valence-corrected chi connectivity index (χ1v) is 5.20. The summed E-state index contributed by atoms with van der Waals surface area (Å²) in [6.07, 6.45) is 0. The average Bonchev–Trinajstić information content (AvgIpc) is 2.29. The van der Waals surface area contributed by atoms with E-state index < -0.39 is 4.92 Å². The van der Waals surface area contributed by atoms with Gasteiger partial charge in [0.15, 0.2) is 0 Å². The van der Waals surface area contributed by atoms with Crippen LogP contribution in [0.3, 0.4) is 0 Å². The number of rotatable bonds is 6. The number of benzene rings is 1. The second-order valence-corrected chi connectivity index (χ2v) is 3.09. The van der Waals surface area contributed by atoms with Crippen LogP contribution in [-0.2, 0) is 9.68 Å². The Balaban J connectivity index is 0.00000289. The maximum absolute atomic E-state index is 10.7. The smallest absolute Gasteiger partial charge is 0.294 e. The molecule has 1 aromatic carbocycles. The van der Waals surface area contributed by atoms with Gasteiger partial charge in [-0.3, -0.25) is 10.1 Å². The Morgan fingerprint density at radius 1 is 1.33 bits per heavy atom. The fraction of sp³-hybridized carbons (Fsp3) is 0.400. The largest absolute Gasteiger partial charge is 0.393 e. The van der Waals surface area contributed by atoms with Gasteiger partial charge in [0, 0.05) is 6.07 Å². The molecule has 0 heterocycles. The maximum atomic E-state index is 10.7. The van der Waals surface area contributed by atoms with Crippen molar-refractivity contribution < 1.29 is 14.6 Å². The zero-order chi connectivity index (χ0) is 12.8. The molecule has 0 saturated carbocycles. The predicted octanol–water partition coefficient (Wildman–Crippen LogP) is 2.31. The minimum absolute atomic E-state index is 0. The first-order chi connectivity index (χ1) is 8.10. The van der Waals surface area contributed by atoms with Crippen molar-refractivity contribution in [3.8, 4) is 0 Å². The quantitative estimate of drug-likeness (QED) is 0.487. The van der Waals surface area contributed by atoms with Gasteiger partial charge in [0.05, 0.1) is 18.1 Å². The summed E-state index contributed by atoms with van der Waals surface area (Å²) >= 11 is 0. The number of halogens is 1. The Morgan fingerprint density at radius 2 is 1.89 bits per heavy atom. The highest BCUT2D eigenvalue weighted by Crippen LogP contribution is 2.27. The van der Waals surface area contributed by atoms with Crippen LogP contribution in [0.4, 0.5) is 17.1 Å². The lowest BCUT2D eigenvalue weighted by atomic mass is 10.2. The number of hydrogen-bond acceptors (Lipinski definition) is 6.